The summed E-state index contributed by atoms with van der Waals surface area (Å²) in [6.07, 6.45) is 0.785. The smallest absolute Gasteiger partial charge is 0.332 e. The van der Waals surface area contributed by atoms with E-state index >= 15 is 0 Å². The average molecular weight is 203 g/mol. The highest BCUT2D eigenvalue weighted by molar-refractivity contribution is 5.86. The quantitative estimate of drug-likeness (QED) is 0.351. The first-order chi connectivity index (χ1) is 6.68. The van der Waals surface area contributed by atoms with Crippen LogP contribution in [0.1, 0.15) is 6.42 Å². The SMILES string of the molecule is C=C(CNCCCOCCO)C(=O)O. The molecule has 0 amide bonds. The van der Waals surface area contributed by atoms with Crippen LogP contribution < -0.4 is 5.32 Å². The Labute approximate surface area is 83.4 Å². The molecule has 0 aliphatic heterocycles. The minimum Gasteiger partial charge on any atom is -0.478 e. The van der Waals surface area contributed by atoms with Gasteiger partial charge < -0.3 is 20.3 Å². The van der Waals surface area contributed by atoms with Crippen molar-refractivity contribution in [3.05, 3.63) is 12.2 Å². The molecule has 5 nitrogen and oxygen atoms in total. The van der Waals surface area contributed by atoms with Crippen molar-refractivity contribution in [3.63, 3.8) is 0 Å². The second-order valence-electron chi connectivity index (χ2n) is 2.78. The van der Waals surface area contributed by atoms with E-state index in [1.54, 1.807) is 0 Å². The molecular weight excluding hydrogens is 186 g/mol. The molecule has 0 aromatic rings. The van der Waals surface area contributed by atoms with E-state index in [2.05, 4.69) is 11.9 Å². The fourth-order valence-electron chi connectivity index (χ4n) is 0.781. The van der Waals surface area contributed by atoms with Crippen molar-refractivity contribution in [2.75, 3.05) is 32.9 Å². The molecule has 14 heavy (non-hydrogen) atoms. The fraction of sp³-hybridized carbons (Fsp3) is 0.667. The van der Waals surface area contributed by atoms with Crippen LogP contribution in [-0.2, 0) is 9.53 Å². The van der Waals surface area contributed by atoms with E-state index in [4.69, 9.17) is 14.9 Å². The van der Waals surface area contributed by atoms with Gasteiger partial charge in [-0.05, 0) is 13.0 Å². The lowest BCUT2D eigenvalue weighted by Crippen LogP contribution is -2.22. The molecular formula is C9H17NO4. The van der Waals surface area contributed by atoms with Crippen molar-refractivity contribution in [2.45, 2.75) is 6.42 Å². The maximum Gasteiger partial charge on any atom is 0.332 e. The van der Waals surface area contributed by atoms with Gasteiger partial charge in [0.05, 0.1) is 13.2 Å². The second-order valence-corrected chi connectivity index (χ2v) is 2.78. The largest absolute Gasteiger partial charge is 0.478 e. The van der Waals surface area contributed by atoms with E-state index in [9.17, 15) is 4.79 Å². The highest BCUT2D eigenvalue weighted by atomic mass is 16.5. The molecule has 0 spiro atoms. The monoisotopic (exact) mass is 203 g/mol. The van der Waals surface area contributed by atoms with Crippen LogP contribution in [0.4, 0.5) is 0 Å². The summed E-state index contributed by atoms with van der Waals surface area (Å²) in [6, 6.07) is 0. The summed E-state index contributed by atoms with van der Waals surface area (Å²) in [4.78, 5) is 10.3. The minimum atomic E-state index is -0.978. The zero-order chi connectivity index (χ0) is 10.8. The van der Waals surface area contributed by atoms with E-state index in [1.165, 1.54) is 0 Å². The van der Waals surface area contributed by atoms with Crippen LogP contribution in [0, 0.1) is 0 Å². The summed E-state index contributed by atoms with van der Waals surface area (Å²) < 4.78 is 5.01. The zero-order valence-electron chi connectivity index (χ0n) is 8.16. The zero-order valence-corrected chi connectivity index (χ0v) is 8.16. The van der Waals surface area contributed by atoms with Crippen molar-refractivity contribution in [3.8, 4) is 0 Å². The van der Waals surface area contributed by atoms with Crippen LogP contribution in [0.3, 0.4) is 0 Å². The number of aliphatic hydroxyl groups excluding tert-OH is 1. The third kappa shape index (κ3) is 7.72. The molecule has 0 aliphatic rings. The number of aliphatic carboxylic acids is 1. The van der Waals surface area contributed by atoms with Gasteiger partial charge in [0.25, 0.3) is 0 Å². The number of nitrogens with one attached hydrogen (secondary N) is 1. The lowest BCUT2D eigenvalue weighted by molar-refractivity contribution is -0.132. The molecule has 3 N–H and O–H groups in total. The van der Waals surface area contributed by atoms with Gasteiger partial charge in [-0.3, -0.25) is 0 Å². The van der Waals surface area contributed by atoms with Crippen molar-refractivity contribution in [1.29, 1.82) is 0 Å². The highest BCUT2D eigenvalue weighted by Gasteiger charge is 2.01. The van der Waals surface area contributed by atoms with E-state index in [0.29, 0.717) is 19.8 Å². The Hall–Kier alpha value is -0.910. The maximum absolute atomic E-state index is 10.3. The van der Waals surface area contributed by atoms with Crippen LogP contribution in [-0.4, -0.2) is 49.1 Å². The van der Waals surface area contributed by atoms with E-state index in [0.717, 1.165) is 6.42 Å². The predicted molar refractivity (Wildman–Crippen MR) is 52.2 cm³/mol. The summed E-state index contributed by atoms with van der Waals surface area (Å²) >= 11 is 0. The minimum absolute atomic E-state index is 0.0310. The fourth-order valence-corrected chi connectivity index (χ4v) is 0.781. The maximum atomic E-state index is 10.3. The summed E-state index contributed by atoms with van der Waals surface area (Å²) in [5, 5.41) is 19.8. The third-order valence-corrected chi connectivity index (χ3v) is 1.52. The topological polar surface area (TPSA) is 78.8 Å². The molecule has 0 aliphatic carbocycles. The molecule has 0 aromatic heterocycles. The number of carbonyl (C=O) groups is 1. The molecule has 0 rings (SSSR count). The van der Waals surface area contributed by atoms with Crippen molar-refractivity contribution in [1.82, 2.24) is 5.32 Å². The van der Waals surface area contributed by atoms with Gasteiger partial charge in [0.2, 0.25) is 0 Å². The first-order valence-electron chi connectivity index (χ1n) is 4.49. The van der Waals surface area contributed by atoms with Gasteiger partial charge in [-0.1, -0.05) is 6.58 Å². The predicted octanol–water partition coefficient (Wildman–Crippen LogP) is -0.384. The Morgan fingerprint density at radius 2 is 2.14 bits per heavy atom. The van der Waals surface area contributed by atoms with Crippen LogP contribution in [0.15, 0.2) is 12.2 Å². The van der Waals surface area contributed by atoms with Gasteiger partial charge in [-0.2, -0.15) is 0 Å². The van der Waals surface area contributed by atoms with Gasteiger partial charge in [0, 0.05) is 18.7 Å². The molecule has 82 valence electrons. The Morgan fingerprint density at radius 1 is 1.43 bits per heavy atom. The van der Waals surface area contributed by atoms with Crippen LogP contribution >= 0.6 is 0 Å². The molecule has 0 bridgehead atoms. The summed E-state index contributed by atoms with van der Waals surface area (Å²) in [6.45, 7) is 5.28. The number of aliphatic hydroxyl groups is 1. The summed E-state index contributed by atoms with van der Waals surface area (Å²) in [5.74, 6) is -0.978. The Balaban J connectivity index is 3.13. The number of carboxylic acid groups (broad SMARTS) is 1. The normalized spacial score (nSPS) is 10.1. The van der Waals surface area contributed by atoms with Gasteiger partial charge in [0.1, 0.15) is 0 Å². The number of hydrogen-bond acceptors (Lipinski definition) is 4. The Kier molecular flexibility index (Phi) is 8.11. The van der Waals surface area contributed by atoms with Gasteiger partial charge >= 0.3 is 5.97 Å². The molecule has 0 saturated heterocycles. The van der Waals surface area contributed by atoms with Crippen molar-refractivity contribution < 1.29 is 19.7 Å². The Bertz CT molecular complexity index is 182. The van der Waals surface area contributed by atoms with Crippen LogP contribution in [0.2, 0.25) is 0 Å². The molecule has 0 heterocycles. The standard InChI is InChI=1S/C9H17NO4/c1-8(9(12)13)7-10-3-2-5-14-6-4-11/h10-11H,1-7H2,(H,12,13). The Morgan fingerprint density at radius 3 is 2.71 bits per heavy atom. The first-order valence-corrected chi connectivity index (χ1v) is 4.49. The third-order valence-electron chi connectivity index (χ3n) is 1.52. The average Bonchev–Trinajstić information content (AvgIpc) is 2.16. The lowest BCUT2D eigenvalue weighted by atomic mass is 10.3. The molecule has 0 aromatic carbocycles. The molecule has 0 unspecified atom stereocenters. The lowest BCUT2D eigenvalue weighted by Gasteiger charge is -2.04. The van der Waals surface area contributed by atoms with Gasteiger partial charge in [-0.15, -0.1) is 0 Å². The molecule has 0 saturated carbocycles. The van der Waals surface area contributed by atoms with Gasteiger partial charge in [-0.25, -0.2) is 4.79 Å². The molecule has 5 heteroatoms. The number of rotatable bonds is 9. The number of ether oxygens (including phenoxy) is 1. The van der Waals surface area contributed by atoms with Crippen LogP contribution in [0.5, 0.6) is 0 Å². The molecule has 0 atom stereocenters. The number of carboxylic acids is 1. The second kappa shape index (κ2) is 8.68. The van der Waals surface area contributed by atoms with Gasteiger partial charge in [0.15, 0.2) is 0 Å². The van der Waals surface area contributed by atoms with E-state index < -0.39 is 5.97 Å². The van der Waals surface area contributed by atoms with Crippen molar-refractivity contribution >= 4 is 5.97 Å². The first kappa shape index (κ1) is 13.1. The van der Waals surface area contributed by atoms with Crippen molar-refractivity contribution in [2.24, 2.45) is 0 Å². The molecule has 0 fully saturated rings. The van der Waals surface area contributed by atoms with Crippen LogP contribution in [0.25, 0.3) is 0 Å². The van der Waals surface area contributed by atoms with E-state index in [1.807, 2.05) is 0 Å². The highest BCUT2D eigenvalue weighted by Crippen LogP contribution is 1.87. The summed E-state index contributed by atoms with van der Waals surface area (Å²) in [5.41, 5.74) is 0.154. The van der Waals surface area contributed by atoms with E-state index in [-0.39, 0.29) is 18.7 Å². The molecule has 0 radical (unpaired) electrons. The summed E-state index contributed by atoms with van der Waals surface area (Å²) in [7, 11) is 0. The number of hydrogen-bond donors (Lipinski definition) is 3.